The summed E-state index contributed by atoms with van der Waals surface area (Å²) in [6.45, 7) is 3.61. The van der Waals surface area contributed by atoms with Crippen molar-refractivity contribution < 1.29 is 9.22 Å². The first-order valence-electron chi connectivity index (χ1n) is 2.24. The van der Waals surface area contributed by atoms with E-state index in [1.54, 1.807) is 0 Å². The minimum atomic E-state index is 0.243. The van der Waals surface area contributed by atoms with Gasteiger partial charge >= 0.3 is 0 Å². The van der Waals surface area contributed by atoms with Crippen molar-refractivity contribution >= 4 is 0 Å². The van der Waals surface area contributed by atoms with E-state index in [0.29, 0.717) is 10.8 Å². The molecule has 0 radical (unpaired) electrons. The first kappa shape index (κ1) is 7.43. The molecule has 3 heteroatoms. The molecule has 0 N–H and O–H groups in total. The lowest BCUT2D eigenvalue weighted by atomic mass is 10.5. The van der Waals surface area contributed by atoms with Crippen LogP contribution in [0.15, 0.2) is 12.3 Å². The molecule has 0 atom stereocenters. The SMILES string of the molecule is C=C(COC)N(C)F. The summed E-state index contributed by atoms with van der Waals surface area (Å²) in [6.07, 6.45) is 0. The van der Waals surface area contributed by atoms with Crippen LogP contribution in [0.25, 0.3) is 0 Å². The number of methoxy groups -OCH3 is 1. The molecule has 0 aliphatic carbocycles. The molecule has 0 aliphatic heterocycles. The molecule has 0 saturated heterocycles. The second-order valence-corrected chi connectivity index (χ2v) is 1.48. The molecule has 48 valence electrons. The highest BCUT2D eigenvalue weighted by Gasteiger charge is 1.95. The van der Waals surface area contributed by atoms with Crippen molar-refractivity contribution in [3.63, 3.8) is 0 Å². The average molecular weight is 119 g/mol. The van der Waals surface area contributed by atoms with E-state index < -0.39 is 0 Å². The third-order valence-corrected chi connectivity index (χ3v) is 0.747. The number of rotatable bonds is 3. The highest BCUT2D eigenvalue weighted by atomic mass is 19.2. The summed E-state index contributed by atoms with van der Waals surface area (Å²) in [7, 11) is 2.77. The van der Waals surface area contributed by atoms with Gasteiger partial charge in [-0.3, -0.25) is 0 Å². The minimum Gasteiger partial charge on any atom is -0.378 e. The molecule has 0 aromatic rings. The molecule has 0 aliphatic rings. The number of hydrogen-bond donors (Lipinski definition) is 0. The van der Waals surface area contributed by atoms with Crippen LogP contribution in [0.2, 0.25) is 0 Å². The van der Waals surface area contributed by atoms with Gasteiger partial charge in [-0.05, 0) is 0 Å². The standard InChI is InChI=1S/C5H10FNO/c1-5(4-8-3)7(2)6/h1,4H2,2-3H3. The van der Waals surface area contributed by atoms with Crippen LogP contribution in [-0.2, 0) is 4.74 Å². The normalized spacial score (nSPS) is 8.88. The van der Waals surface area contributed by atoms with Crippen molar-refractivity contribution in [2.45, 2.75) is 0 Å². The van der Waals surface area contributed by atoms with Crippen molar-refractivity contribution in [1.29, 1.82) is 0 Å². The van der Waals surface area contributed by atoms with Crippen molar-refractivity contribution in [1.82, 2.24) is 5.12 Å². The first-order chi connectivity index (χ1) is 3.68. The Labute approximate surface area is 48.5 Å². The number of likely N-dealkylation sites (N-methyl/N-ethyl adjacent to an activating group) is 1. The van der Waals surface area contributed by atoms with Gasteiger partial charge in [-0.15, -0.1) is 4.48 Å². The Hall–Kier alpha value is -0.570. The van der Waals surface area contributed by atoms with Gasteiger partial charge in [0.1, 0.15) is 0 Å². The summed E-state index contributed by atoms with van der Waals surface area (Å²) in [5, 5.41) is 0.434. The van der Waals surface area contributed by atoms with Crippen LogP contribution in [0.3, 0.4) is 0 Å². The van der Waals surface area contributed by atoms with Crippen LogP contribution >= 0.6 is 0 Å². The Morgan fingerprint density at radius 1 is 1.88 bits per heavy atom. The highest BCUT2D eigenvalue weighted by Crippen LogP contribution is 1.96. The van der Waals surface area contributed by atoms with E-state index in [2.05, 4.69) is 11.3 Å². The Kier molecular flexibility index (Phi) is 3.19. The van der Waals surface area contributed by atoms with Gasteiger partial charge in [0.05, 0.1) is 12.3 Å². The van der Waals surface area contributed by atoms with Crippen LogP contribution in [0.4, 0.5) is 4.48 Å². The first-order valence-corrected chi connectivity index (χ1v) is 2.24. The number of hydrogen-bond acceptors (Lipinski definition) is 2. The summed E-state index contributed by atoms with van der Waals surface area (Å²) < 4.78 is 16.5. The predicted molar refractivity (Wildman–Crippen MR) is 29.9 cm³/mol. The lowest BCUT2D eigenvalue weighted by Crippen LogP contribution is -2.09. The van der Waals surface area contributed by atoms with Crippen LogP contribution < -0.4 is 0 Å². The zero-order valence-corrected chi connectivity index (χ0v) is 5.15. The molecule has 0 unspecified atom stereocenters. The van der Waals surface area contributed by atoms with E-state index >= 15 is 0 Å². The summed E-state index contributed by atoms with van der Waals surface area (Å²) in [5.74, 6) is 0. The Morgan fingerprint density at radius 2 is 2.38 bits per heavy atom. The fraction of sp³-hybridized carbons (Fsp3) is 0.600. The summed E-state index contributed by atoms with van der Waals surface area (Å²) in [5.41, 5.74) is 0.326. The van der Waals surface area contributed by atoms with Crippen molar-refractivity contribution in [2.24, 2.45) is 0 Å². The molecule has 0 amide bonds. The lowest BCUT2D eigenvalue weighted by Gasteiger charge is -2.07. The van der Waals surface area contributed by atoms with Crippen LogP contribution in [0.1, 0.15) is 0 Å². The second kappa shape index (κ2) is 3.43. The van der Waals surface area contributed by atoms with Crippen LogP contribution in [-0.4, -0.2) is 25.9 Å². The van der Waals surface area contributed by atoms with E-state index in [0.717, 1.165) is 0 Å². The zero-order valence-electron chi connectivity index (χ0n) is 5.15. The van der Waals surface area contributed by atoms with E-state index in [4.69, 9.17) is 0 Å². The molecule has 0 bridgehead atoms. The number of ether oxygens (including phenoxy) is 1. The quantitative estimate of drug-likeness (QED) is 0.513. The topological polar surface area (TPSA) is 12.5 Å². The largest absolute Gasteiger partial charge is 0.378 e. The van der Waals surface area contributed by atoms with E-state index in [1.165, 1.54) is 14.2 Å². The molecule has 0 fully saturated rings. The highest BCUT2D eigenvalue weighted by molar-refractivity contribution is 4.87. The van der Waals surface area contributed by atoms with Crippen molar-refractivity contribution in [3.8, 4) is 0 Å². The Morgan fingerprint density at radius 3 is 2.50 bits per heavy atom. The average Bonchev–Trinajstić information content (AvgIpc) is 1.67. The van der Waals surface area contributed by atoms with Crippen molar-refractivity contribution in [2.75, 3.05) is 20.8 Å². The van der Waals surface area contributed by atoms with Gasteiger partial charge in [-0.2, -0.15) is 0 Å². The zero-order chi connectivity index (χ0) is 6.57. The summed E-state index contributed by atoms with van der Waals surface area (Å²) in [6, 6.07) is 0. The third-order valence-electron chi connectivity index (χ3n) is 0.747. The van der Waals surface area contributed by atoms with Gasteiger partial charge in [0.15, 0.2) is 0 Å². The van der Waals surface area contributed by atoms with Crippen molar-refractivity contribution in [3.05, 3.63) is 12.3 Å². The van der Waals surface area contributed by atoms with E-state index in [-0.39, 0.29) is 6.61 Å². The Bertz CT molecular complexity index is 82.5. The van der Waals surface area contributed by atoms with Gasteiger partial charge in [-0.1, -0.05) is 6.58 Å². The number of halogens is 1. The van der Waals surface area contributed by atoms with Crippen LogP contribution in [0, 0.1) is 0 Å². The predicted octanol–water partition coefficient (Wildman–Crippen LogP) is 0.963. The molecule has 0 heterocycles. The maximum absolute atomic E-state index is 11.9. The van der Waals surface area contributed by atoms with Gasteiger partial charge < -0.3 is 4.74 Å². The molecule has 0 aromatic carbocycles. The van der Waals surface area contributed by atoms with Gasteiger partial charge in [-0.25, -0.2) is 5.12 Å². The number of nitrogens with zero attached hydrogens (tertiary/aromatic N) is 1. The van der Waals surface area contributed by atoms with E-state index in [9.17, 15) is 4.48 Å². The van der Waals surface area contributed by atoms with Gasteiger partial charge in [0.2, 0.25) is 0 Å². The summed E-state index contributed by atoms with van der Waals surface area (Å²) >= 11 is 0. The molecule has 2 nitrogen and oxygen atoms in total. The fourth-order valence-electron chi connectivity index (χ4n) is 0.256. The Balaban J connectivity index is 3.33. The molecular formula is C5H10FNO. The molecule has 0 saturated carbocycles. The molecule has 8 heavy (non-hydrogen) atoms. The lowest BCUT2D eigenvalue weighted by molar-refractivity contribution is 0.0772. The van der Waals surface area contributed by atoms with E-state index in [1.807, 2.05) is 0 Å². The van der Waals surface area contributed by atoms with Gasteiger partial charge in [0, 0.05) is 14.2 Å². The molecule has 0 spiro atoms. The maximum atomic E-state index is 11.9. The van der Waals surface area contributed by atoms with Gasteiger partial charge in [0.25, 0.3) is 0 Å². The molecule has 0 rings (SSSR count). The fourth-order valence-corrected chi connectivity index (χ4v) is 0.256. The monoisotopic (exact) mass is 119 g/mol. The third kappa shape index (κ3) is 2.58. The molecular weight excluding hydrogens is 109 g/mol. The molecule has 0 aromatic heterocycles. The minimum absolute atomic E-state index is 0.243. The maximum Gasteiger partial charge on any atom is 0.0881 e. The smallest absolute Gasteiger partial charge is 0.0881 e. The van der Waals surface area contributed by atoms with Crippen LogP contribution in [0.5, 0.6) is 0 Å². The summed E-state index contributed by atoms with van der Waals surface area (Å²) in [4.78, 5) is 0. The second-order valence-electron chi connectivity index (χ2n) is 1.48.